The zero-order chi connectivity index (χ0) is 20.6. The van der Waals surface area contributed by atoms with Gasteiger partial charge in [-0.2, -0.15) is 0 Å². The van der Waals surface area contributed by atoms with Gasteiger partial charge in [0.15, 0.2) is 7.14 Å². The van der Waals surface area contributed by atoms with Crippen molar-refractivity contribution in [2.24, 2.45) is 0 Å². The molecule has 0 aliphatic heterocycles. The second-order valence-corrected chi connectivity index (χ2v) is 10.7. The van der Waals surface area contributed by atoms with Crippen LogP contribution in [-0.2, 0) is 9.90 Å². The van der Waals surface area contributed by atoms with Crippen molar-refractivity contribution in [3.8, 4) is 0 Å². The molecular formula is C27H20BrOP. The van der Waals surface area contributed by atoms with E-state index in [-0.39, 0.29) is 0 Å². The van der Waals surface area contributed by atoms with Crippen LogP contribution in [0.1, 0.15) is 5.56 Å². The molecule has 0 unspecified atom stereocenters. The van der Waals surface area contributed by atoms with Crippen LogP contribution < -0.4 is 15.9 Å². The van der Waals surface area contributed by atoms with E-state index in [4.69, 9.17) is 0 Å². The highest BCUT2D eigenvalue weighted by molar-refractivity contribution is 9.08. The Morgan fingerprint density at radius 1 is 0.600 bits per heavy atom. The molecule has 0 N–H and O–H groups in total. The maximum Gasteiger partial charge on any atom is 0.172 e. The highest BCUT2D eigenvalue weighted by Gasteiger charge is 2.33. The normalized spacial score (nSPS) is 11.8. The van der Waals surface area contributed by atoms with Crippen molar-refractivity contribution in [2.75, 3.05) is 0 Å². The fourth-order valence-electron chi connectivity index (χ4n) is 4.21. The molecule has 3 heteroatoms. The van der Waals surface area contributed by atoms with E-state index in [1.165, 1.54) is 0 Å². The molecular weight excluding hydrogens is 451 g/mol. The molecule has 146 valence electrons. The van der Waals surface area contributed by atoms with Gasteiger partial charge in [0.1, 0.15) is 0 Å². The Labute approximate surface area is 184 Å². The summed E-state index contributed by atoms with van der Waals surface area (Å²) in [7, 11) is -3.13. The number of fused-ring (bicyclic) bond motifs is 2. The highest BCUT2D eigenvalue weighted by atomic mass is 79.9. The molecule has 5 rings (SSSR count). The third-order valence-corrected chi connectivity index (χ3v) is 9.43. The lowest BCUT2D eigenvalue weighted by molar-refractivity contribution is 0.593. The molecule has 0 spiro atoms. The van der Waals surface area contributed by atoms with Crippen molar-refractivity contribution >= 4 is 60.5 Å². The molecule has 0 bridgehead atoms. The maximum absolute atomic E-state index is 15.3. The third-order valence-electron chi connectivity index (χ3n) is 5.64. The van der Waals surface area contributed by atoms with Crippen LogP contribution in [0, 0.1) is 0 Å². The molecule has 30 heavy (non-hydrogen) atoms. The lowest BCUT2D eigenvalue weighted by atomic mass is 10.1. The minimum absolute atomic E-state index is 0.728. The van der Waals surface area contributed by atoms with E-state index in [9.17, 15) is 0 Å². The van der Waals surface area contributed by atoms with E-state index < -0.39 is 7.14 Å². The SMILES string of the molecule is O=P(c1cccc(CBr)c1)(c1cccc2ccccc12)c1cccc2ccccc12. The van der Waals surface area contributed by atoms with Gasteiger partial charge in [0.05, 0.1) is 0 Å². The van der Waals surface area contributed by atoms with Gasteiger partial charge in [0.2, 0.25) is 0 Å². The summed E-state index contributed by atoms with van der Waals surface area (Å²) in [5, 5.41) is 7.67. The third kappa shape index (κ3) is 3.12. The highest BCUT2D eigenvalue weighted by Crippen LogP contribution is 2.46. The molecule has 0 saturated carbocycles. The summed E-state index contributed by atoms with van der Waals surface area (Å²) in [5.41, 5.74) is 1.12. The van der Waals surface area contributed by atoms with Gasteiger partial charge in [-0.05, 0) is 33.2 Å². The summed E-state index contributed by atoms with van der Waals surface area (Å²) in [6, 6.07) is 36.9. The molecule has 0 atom stereocenters. The lowest BCUT2D eigenvalue weighted by Crippen LogP contribution is -2.26. The van der Waals surface area contributed by atoms with Crippen LogP contribution >= 0.6 is 23.1 Å². The molecule has 0 heterocycles. The average molecular weight is 471 g/mol. The molecule has 0 saturated heterocycles. The van der Waals surface area contributed by atoms with Gasteiger partial charge in [-0.1, -0.05) is 119 Å². The van der Waals surface area contributed by atoms with Crippen molar-refractivity contribution in [1.82, 2.24) is 0 Å². The van der Waals surface area contributed by atoms with Gasteiger partial charge in [-0.25, -0.2) is 0 Å². The summed E-state index contributed by atoms with van der Waals surface area (Å²) < 4.78 is 15.3. The van der Waals surface area contributed by atoms with E-state index >= 15 is 4.57 Å². The van der Waals surface area contributed by atoms with Gasteiger partial charge in [-0.3, -0.25) is 0 Å². The van der Waals surface area contributed by atoms with Crippen LogP contribution in [0.5, 0.6) is 0 Å². The minimum Gasteiger partial charge on any atom is -0.309 e. The first-order valence-corrected chi connectivity index (χ1v) is 12.8. The van der Waals surface area contributed by atoms with Crippen LogP contribution in [0.25, 0.3) is 21.5 Å². The molecule has 5 aromatic rings. The molecule has 0 amide bonds. The van der Waals surface area contributed by atoms with Crippen molar-refractivity contribution in [3.63, 3.8) is 0 Å². The average Bonchev–Trinajstić information content (AvgIpc) is 2.83. The number of hydrogen-bond acceptors (Lipinski definition) is 1. The van der Waals surface area contributed by atoms with Gasteiger partial charge in [0, 0.05) is 21.2 Å². The second kappa shape index (κ2) is 7.87. The number of rotatable bonds is 4. The minimum atomic E-state index is -3.13. The van der Waals surface area contributed by atoms with Crippen LogP contribution in [0.3, 0.4) is 0 Å². The van der Waals surface area contributed by atoms with E-state index in [2.05, 4.69) is 64.5 Å². The molecule has 0 fully saturated rings. The summed E-state index contributed by atoms with van der Waals surface area (Å²) in [6.45, 7) is 0. The Bertz CT molecular complexity index is 1330. The Kier molecular flexibility index (Phi) is 5.06. The van der Waals surface area contributed by atoms with E-state index in [0.29, 0.717) is 0 Å². The lowest BCUT2D eigenvalue weighted by Gasteiger charge is -2.23. The number of halogens is 1. The monoisotopic (exact) mass is 470 g/mol. The smallest absolute Gasteiger partial charge is 0.172 e. The van der Waals surface area contributed by atoms with Crippen LogP contribution in [0.15, 0.2) is 109 Å². The zero-order valence-electron chi connectivity index (χ0n) is 16.3. The van der Waals surface area contributed by atoms with E-state index in [1.54, 1.807) is 0 Å². The molecule has 0 aliphatic carbocycles. The van der Waals surface area contributed by atoms with Crippen molar-refractivity contribution in [3.05, 3.63) is 115 Å². The molecule has 0 aliphatic rings. The Morgan fingerprint density at radius 3 is 1.67 bits per heavy atom. The molecule has 5 aromatic carbocycles. The maximum atomic E-state index is 15.3. The van der Waals surface area contributed by atoms with Crippen molar-refractivity contribution in [1.29, 1.82) is 0 Å². The van der Waals surface area contributed by atoms with Gasteiger partial charge < -0.3 is 4.57 Å². The van der Waals surface area contributed by atoms with Crippen molar-refractivity contribution in [2.45, 2.75) is 5.33 Å². The standard InChI is InChI=1S/C27H20BrOP/c28-19-20-8-5-13-23(18-20)30(29,26-16-6-11-21-9-1-3-14-24(21)26)27-17-7-12-22-10-2-4-15-25(22)27/h1-18H,19H2. The summed E-state index contributed by atoms with van der Waals surface area (Å²) in [4.78, 5) is 0. The fraction of sp³-hybridized carbons (Fsp3) is 0.0370. The van der Waals surface area contributed by atoms with E-state index in [0.717, 1.165) is 48.4 Å². The molecule has 1 nitrogen and oxygen atoms in total. The first kappa shape index (κ1) is 19.3. The molecule has 0 aromatic heterocycles. The predicted octanol–water partition coefficient (Wildman–Crippen LogP) is 6.53. The Balaban J connectivity index is 1.93. The Morgan fingerprint density at radius 2 is 1.10 bits per heavy atom. The van der Waals surface area contributed by atoms with Crippen LogP contribution in [-0.4, -0.2) is 0 Å². The van der Waals surface area contributed by atoms with Gasteiger partial charge >= 0.3 is 0 Å². The van der Waals surface area contributed by atoms with Gasteiger partial charge in [0.25, 0.3) is 0 Å². The summed E-state index contributed by atoms with van der Waals surface area (Å²) >= 11 is 3.56. The topological polar surface area (TPSA) is 17.1 Å². The van der Waals surface area contributed by atoms with Gasteiger partial charge in [-0.15, -0.1) is 0 Å². The first-order chi connectivity index (χ1) is 14.7. The number of benzene rings is 5. The van der Waals surface area contributed by atoms with E-state index in [1.807, 2.05) is 60.7 Å². The van der Waals surface area contributed by atoms with Crippen molar-refractivity contribution < 1.29 is 4.57 Å². The van der Waals surface area contributed by atoms with Crippen LogP contribution in [0.2, 0.25) is 0 Å². The quantitative estimate of drug-likeness (QED) is 0.215. The summed E-state index contributed by atoms with van der Waals surface area (Å²) in [5.74, 6) is 0. The Hall–Kier alpha value is -2.67. The summed E-state index contributed by atoms with van der Waals surface area (Å²) in [6.07, 6.45) is 0. The molecule has 0 radical (unpaired) electrons. The number of hydrogen-bond donors (Lipinski definition) is 0. The zero-order valence-corrected chi connectivity index (χ0v) is 18.8. The fourth-order valence-corrected chi connectivity index (χ4v) is 7.70. The number of alkyl halides is 1. The predicted molar refractivity (Wildman–Crippen MR) is 133 cm³/mol. The largest absolute Gasteiger partial charge is 0.309 e. The first-order valence-electron chi connectivity index (χ1n) is 9.94. The van der Waals surface area contributed by atoms with Crippen LogP contribution in [0.4, 0.5) is 0 Å². The second-order valence-electron chi connectivity index (χ2n) is 7.41.